The average Bonchev–Trinajstić information content (AvgIpc) is 3.77. The van der Waals surface area contributed by atoms with E-state index < -0.39 is 60.2 Å². The summed E-state index contributed by atoms with van der Waals surface area (Å²) >= 11 is 3.63. The van der Waals surface area contributed by atoms with Gasteiger partial charge >= 0.3 is 5.97 Å². The highest BCUT2D eigenvalue weighted by molar-refractivity contribution is 9.11. The van der Waals surface area contributed by atoms with Gasteiger partial charge in [-0.2, -0.15) is 0 Å². The molecule has 2 aromatic rings. The maximum absolute atomic E-state index is 15.2. The molecule has 1 spiro atoms. The molecule has 3 saturated heterocycles. The van der Waals surface area contributed by atoms with Crippen molar-refractivity contribution < 1.29 is 38.5 Å². The Balaban J connectivity index is 1.30. The molecule has 5 aliphatic heterocycles. The SMILES string of the molecule is O=C1CC/C=C\CN(CCN2CCOCC2)C(=O)[C@H]2N([C@@H](CO)Cc3ccccc3)C(=O)[C@@H]3[C@@H](C(=O)O[C@@H](c4ccccc4)CN1)[C@@H]1O[C@@]32C=C1Br. The van der Waals surface area contributed by atoms with Crippen LogP contribution >= 0.6 is 15.9 Å². The molecule has 12 nitrogen and oxygen atoms in total. The summed E-state index contributed by atoms with van der Waals surface area (Å²) in [5.41, 5.74) is 0.0906. The average molecular weight is 778 g/mol. The summed E-state index contributed by atoms with van der Waals surface area (Å²) in [4.78, 5) is 62.9. The molecule has 5 bridgehead atoms. The van der Waals surface area contributed by atoms with E-state index in [1.807, 2.05) is 72.8 Å². The minimum absolute atomic E-state index is 0.0452. The first-order valence-corrected chi connectivity index (χ1v) is 18.9. The van der Waals surface area contributed by atoms with Crippen molar-refractivity contribution in [2.45, 2.75) is 49.2 Å². The van der Waals surface area contributed by atoms with E-state index in [4.69, 9.17) is 14.2 Å². The number of aliphatic hydroxyl groups is 1. The third-order valence-corrected chi connectivity index (χ3v) is 11.5. The van der Waals surface area contributed by atoms with Crippen LogP contribution in [0.25, 0.3) is 0 Å². The number of nitrogens with zero attached hydrogens (tertiary/aromatic N) is 3. The van der Waals surface area contributed by atoms with Gasteiger partial charge in [-0.1, -0.05) is 88.7 Å². The van der Waals surface area contributed by atoms with E-state index in [1.54, 1.807) is 11.0 Å². The minimum atomic E-state index is -1.49. The van der Waals surface area contributed by atoms with Gasteiger partial charge in [-0.05, 0) is 30.0 Å². The predicted molar refractivity (Wildman–Crippen MR) is 194 cm³/mol. The van der Waals surface area contributed by atoms with Gasteiger partial charge in [0.2, 0.25) is 17.7 Å². The van der Waals surface area contributed by atoms with Crippen LogP contribution < -0.4 is 5.32 Å². The fourth-order valence-electron chi connectivity index (χ4n) is 8.23. The van der Waals surface area contributed by atoms with Crippen LogP contribution in [0.3, 0.4) is 0 Å². The van der Waals surface area contributed by atoms with Crippen molar-refractivity contribution in [2.75, 3.05) is 59.1 Å². The zero-order valence-electron chi connectivity index (χ0n) is 29.0. The summed E-state index contributed by atoms with van der Waals surface area (Å²) in [5.74, 6) is -3.80. The lowest BCUT2D eigenvalue weighted by Crippen LogP contribution is -2.59. The third kappa shape index (κ3) is 7.21. The largest absolute Gasteiger partial charge is 0.455 e. The molecule has 52 heavy (non-hydrogen) atoms. The first-order chi connectivity index (χ1) is 25.3. The molecule has 2 N–H and O–H groups in total. The van der Waals surface area contributed by atoms with E-state index in [2.05, 4.69) is 26.1 Å². The number of hydrogen-bond acceptors (Lipinski definition) is 9. The van der Waals surface area contributed by atoms with E-state index in [0.717, 1.165) is 18.7 Å². The van der Waals surface area contributed by atoms with Gasteiger partial charge < -0.3 is 34.4 Å². The standard InChI is InChI=1S/C39H45BrN4O8/c40-29-23-39-33-32(34(29)52-39)38(49)51-30(27-12-6-2-7-13-27)24-41-31(46)14-8-3-9-15-43(17-16-42-18-20-50-21-19-42)37(48)35(39)44(36(33)47)28(25-45)22-26-10-4-1-5-11-26/h1-7,9-13,23,28,30,32-35,45H,8,14-22,24-25H2,(H,41,46)/b9-3-/t28-,30-,32-,33+,34-,35-,39+/m1/s1. The second-order valence-electron chi connectivity index (χ2n) is 14.0. The Kier molecular flexibility index (Phi) is 11.2. The van der Waals surface area contributed by atoms with Gasteiger partial charge in [0.1, 0.15) is 29.8 Å². The Morgan fingerprint density at radius 1 is 0.942 bits per heavy atom. The summed E-state index contributed by atoms with van der Waals surface area (Å²) in [6.45, 7) is 3.54. The summed E-state index contributed by atoms with van der Waals surface area (Å²) in [6.07, 6.45) is 4.82. The zero-order valence-corrected chi connectivity index (χ0v) is 30.6. The molecule has 13 heteroatoms. The molecule has 0 radical (unpaired) electrons. The van der Waals surface area contributed by atoms with Crippen molar-refractivity contribution in [1.29, 1.82) is 0 Å². The Hall–Kier alpha value is -3.88. The van der Waals surface area contributed by atoms with Gasteiger partial charge in [0, 0.05) is 43.6 Å². The van der Waals surface area contributed by atoms with E-state index in [9.17, 15) is 19.5 Å². The minimum Gasteiger partial charge on any atom is -0.455 e. The number of amides is 3. The van der Waals surface area contributed by atoms with Gasteiger partial charge in [-0.15, -0.1) is 0 Å². The smallest absolute Gasteiger partial charge is 0.313 e. The lowest BCUT2D eigenvalue weighted by atomic mass is 9.74. The normalized spacial score (nSPS) is 31.2. The lowest BCUT2D eigenvalue weighted by molar-refractivity contribution is -0.160. The number of carbonyl (C=O) groups is 4. The first kappa shape index (κ1) is 36.5. The van der Waals surface area contributed by atoms with Crippen LogP contribution in [0.5, 0.6) is 0 Å². The van der Waals surface area contributed by atoms with Crippen molar-refractivity contribution in [3.8, 4) is 0 Å². The Bertz CT molecular complexity index is 1690. The summed E-state index contributed by atoms with van der Waals surface area (Å²) in [7, 11) is 0. The molecule has 0 aromatic heterocycles. The molecule has 3 amide bonds. The molecule has 5 aliphatic rings. The topological polar surface area (TPSA) is 138 Å². The number of allylic oxidation sites excluding steroid dienone is 1. The molecular formula is C39H45BrN4O8. The molecule has 7 atom stereocenters. The number of fused-ring (bicyclic) bond motifs is 2. The molecule has 3 fully saturated rings. The van der Waals surface area contributed by atoms with Crippen molar-refractivity contribution in [3.63, 3.8) is 0 Å². The monoisotopic (exact) mass is 776 g/mol. The van der Waals surface area contributed by atoms with Crippen LogP contribution in [-0.4, -0.2) is 126 Å². The number of ether oxygens (including phenoxy) is 3. The molecule has 7 rings (SSSR count). The van der Waals surface area contributed by atoms with Crippen molar-refractivity contribution in [2.24, 2.45) is 11.8 Å². The number of likely N-dealkylation sites (tertiary alicyclic amines) is 1. The van der Waals surface area contributed by atoms with Crippen LogP contribution in [-0.2, 0) is 39.8 Å². The molecule has 2 aromatic carbocycles. The predicted octanol–water partition coefficient (Wildman–Crippen LogP) is 2.37. The van der Waals surface area contributed by atoms with Gasteiger partial charge in [0.15, 0.2) is 0 Å². The maximum Gasteiger partial charge on any atom is 0.313 e. The molecule has 276 valence electrons. The van der Waals surface area contributed by atoms with Gasteiger partial charge in [0.05, 0.1) is 38.3 Å². The van der Waals surface area contributed by atoms with E-state index in [0.29, 0.717) is 49.2 Å². The Labute approximate surface area is 311 Å². The number of esters is 1. The highest BCUT2D eigenvalue weighted by Gasteiger charge is 2.75. The van der Waals surface area contributed by atoms with Crippen LogP contribution in [0.2, 0.25) is 0 Å². The van der Waals surface area contributed by atoms with Crippen molar-refractivity contribution in [3.05, 3.63) is 94.5 Å². The number of aliphatic hydroxyl groups excluding tert-OH is 1. The van der Waals surface area contributed by atoms with Crippen LogP contribution in [0.1, 0.15) is 30.1 Å². The number of halogens is 1. The summed E-state index contributed by atoms with van der Waals surface area (Å²) in [6, 6.07) is 16.7. The Morgan fingerprint density at radius 2 is 1.67 bits per heavy atom. The van der Waals surface area contributed by atoms with Gasteiger partial charge in [-0.25, -0.2) is 0 Å². The summed E-state index contributed by atoms with van der Waals surface area (Å²) < 4.78 is 19.0. The number of cyclic esters (lactones) is 1. The molecular weight excluding hydrogens is 732 g/mol. The van der Waals surface area contributed by atoms with Crippen molar-refractivity contribution >= 4 is 39.6 Å². The van der Waals surface area contributed by atoms with Crippen LogP contribution in [0, 0.1) is 11.8 Å². The lowest BCUT2D eigenvalue weighted by Gasteiger charge is -2.39. The van der Waals surface area contributed by atoms with Crippen molar-refractivity contribution in [1.82, 2.24) is 20.0 Å². The first-order valence-electron chi connectivity index (χ1n) is 18.1. The third-order valence-electron chi connectivity index (χ3n) is 10.8. The van der Waals surface area contributed by atoms with E-state index in [-0.39, 0.29) is 31.3 Å². The number of morpholine rings is 1. The number of rotatable bonds is 8. The number of carbonyl (C=O) groups excluding carboxylic acids is 4. The maximum atomic E-state index is 15.2. The summed E-state index contributed by atoms with van der Waals surface area (Å²) in [5, 5.41) is 13.8. The highest BCUT2D eigenvalue weighted by Crippen LogP contribution is 2.59. The molecule has 0 saturated carbocycles. The number of hydrogen-bond donors (Lipinski definition) is 2. The van der Waals surface area contributed by atoms with Crippen LogP contribution in [0.15, 0.2) is 83.4 Å². The van der Waals surface area contributed by atoms with Crippen LogP contribution in [0.4, 0.5) is 0 Å². The fraction of sp³-hybridized carbons (Fsp3) is 0.487. The zero-order chi connectivity index (χ0) is 36.2. The molecule has 0 aliphatic carbocycles. The highest BCUT2D eigenvalue weighted by atomic mass is 79.9. The Morgan fingerprint density at radius 3 is 2.40 bits per heavy atom. The second kappa shape index (κ2) is 16.0. The fourth-order valence-corrected chi connectivity index (χ4v) is 8.97. The van der Waals surface area contributed by atoms with E-state index >= 15 is 4.79 Å². The van der Waals surface area contributed by atoms with Gasteiger partial charge in [-0.3, -0.25) is 24.1 Å². The number of nitrogens with one attached hydrogen (secondary N) is 1. The van der Waals surface area contributed by atoms with Gasteiger partial charge in [0.25, 0.3) is 0 Å². The molecule has 0 unspecified atom stereocenters. The quantitative estimate of drug-likeness (QED) is 0.306. The molecule has 5 heterocycles. The number of benzene rings is 2. The van der Waals surface area contributed by atoms with E-state index in [1.165, 1.54) is 4.90 Å². The second-order valence-corrected chi connectivity index (χ2v) is 14.9.